The molecule has 7 nitrogen and oxygen atoms in total. The summed E-state index contributed by atoms with van der Waals surface area (Å²) in [6.07, 6.45) is -2.98. The highest BCUT2D eigenvalue weighted by atomic mass is 19.4. The van der Waals surface area contributed by atoms with Gasteiger partial charge in [0.1, 0.15) is 0 Å². The summed E-state index contributed by atoms with van der Waals surface area (Å²) in [5.74, 6) is -0.958. The summed E-state index contributed by atoms with van der Waals surface area (Å²) in [6, 6.07) is 13.5. The topological polar surface area (TPSA) is 84.7 Å². The zero-order valence-electron chi connectivity index (χ0n) is 18.7. The Balaban J connectivity index is 1.65. The Morgan fingerprint density at radius 3 is 2.53 bits per heavy atom. The van der Waals surface area contributed by atoms with Gasteiger partial charge in [0.2, 0.25) is 0 Å². The van der Waals surface area contributed by atoms with Gasteiger partial charge in [-0.25, -0.2) is 10.2 Å². The first-order valence-electron chi connectivity index (χ1n) is 10.2. The fraction of sp³-hybridized carbons (Fsp3) is 0.208. The molecule has 0 aliphatic heterocycles. The number of nitrogens with one attached hydrogen (secondary N) is 2. The number of nitrogens with zero attached hydrogens (tertiary/aromatic N) is 2. The summed E-state index contributed by atoms with van der Waals surface area (Å²) in [7, 11) is 1.32. The van der Waals surface area contributed by atoms with Gasteiger partial charge in [0, 0.05) is 28.3 Å². The third-order valence-corrected chi connectivity index (χ3v) is 5.03. The Labute approximate surface area is 194 Å². The molecule has 178 valence electrons. The van der Waals surface area contributed by atoms with Gasteiger partial charge in [0.15, 0.2) is 0 Å². The third kappa shape index (κ3) is 5.83. The van der Waals surface area contributed by atoms with Gasteiger partial charge in [-0.3, -0.25) is 4.79 Å². The summed E-state index contributed by atoms with van der Waals surface area (Å²) in [5, 5.41) is 6.59. The van der Waals surface area contributed by atoms with Crippen LogP contribution in [0, 0.1) is 13.8 Å². The SMILES string of the molecule is COC(=O)c1cccc(-n2c(C)cc(/C=N\NC(=O)CNc3cccc(C(F)(F)F)c3)c2C)c1. The molecule has 0 unspecified atom stereocenters. The second kappa shape index (κ2) is 10.2. The van der Waals surface area contributed by atoms with Gasteiger partial charge in [-0.1, -0.05) is 12.1 Å². The van der Waals surface area contributed by atoms with Crippen LogP contribution in [-0.2, 0) is 15.7 Å². The highest BCUT2D eigenvalue weighted by Crippen LogP contribution is 2.30. The molecule has 0 spiro atoms. The van der Waals surface area contributed by atoms with E-state index in [-0.39, 0.29) is 12.2 Å². The van der Waals surface area contributed by atoms with Gasteiger partial charge in [0.05, 0.1) is 31.0 Å². The van der Waals surface area contributed by atoms with Crippen LogP contribution in [-0.4, -0.2) is 36.3 Å². The molecule has 34 heavy (non-hydrogen) atoms. The van der Waals surface area contributed by atoms with Gasteiger partial charge in [0.25, 0.3) is 5.91 Å². The number of halogens is 3. The molecular formula is C24H23F3N4O3. The molecule has 0 atom stereocenters. The average Bonchev–Trinajstić information content (AvgIpc) is 3.09. The molecule has 3 rings (SSSR count). The largest absolute Gasteiger partial charge is 0.465 e. The van der Waals surface area contributed by atoms with Crippen molar-refractivity contribution in [2.75, 3.05) is 19.0 Å². The fourth-order valence-corrected chi connectivity index (χ4v) is 3.41. The van der Waals surface area contributed by atoms with Crippen LogP contribution in [0.3, 0.4) is 0 Å². The number of carbonyl (C=O) groups excluding carboxylic acids is 2. The summed E-state index contributed by atoms with van der Waals surface area (Å²) in [4.78, 5) is 23.9. The van der Waals surface area contributed by atoms with Crippen molar-refractivity contribution < 1.29 is 27.5 Å². The first-order chi connectivity index (χ1) is 16.1. The number of amides is 1. The van der Waals surface area contributed by atoms with E-state index in [2.05, 4.69) is 15.8 Å². The standard InChI is InChI=1S/C24H23F3N4O3/c1-15-10-18(16(2)31(15)21-9-4-6-17(11-21)23(33)34-3)13-29-30-22(32)14-28-20-8-5-7-19(12-20)24(25,26)27/h4-13,28H,14H2,1-3H3,(H,30,32)/b29-13-. The molecule has 1 aromatic heterocycles. The number of ether oxygens (including phenoxy) is 1. The van der Waals surface area contributed by atoms with Gasteiger partial charge >= 0.3 is 12.1 Å². The Hall–Kier alpha value is -4.08. The van der Waals surface area contributed by atoms with Gasteiger partial charge in [-0.2, -0.15) is 18.3 Å². The molecule has 3 aromatic rings. The molecule has 0 saturated heterocycles. The molecular weight excluding hydrogens is 449 g/mol. The minimum absolute atomic E-state index is 0.173. The molecule has 0 bridgehead atoms. The van der Waals surface area contributed by atoms with Crippen LogP contribution in [0.4, 0.5) is 18.9 Å². The van der Waals surface area contributed by atoms with Crippen molar-refractivity contribution in [1.29, 1.82) is 0 Å². The molecule has 2 aromatic carbocycles. The van der Waals surface area contributed by atoms with Crippen molar-refractivity contribution in [1.82, 2.24) is 9.99 Å². The van der Waals surface area contributed by atoms with E-state index in [4.69, 9.17) is 4.74 Å². The van der Waals surface area contributed by atoms with E-state index < -0.39 is 23.6 Å². The number of benzene rings is 2. The number of hydrazone groups is 1. The smallest absolute Gasteiger partial charge is 0.416 e. The number of alkyl halides is 3. The molecule has 0 radical (unpaired) electrons. The van der Waals surface area contributed by atoms with Gasteiger partial charge in [-0.15, -0.1) is 0 Å². The maximum absolute atomic E-state index is 12.8. The fourth-order valence-electron chi connectivity index (χ4n) is 3.41. The maximum Gasteiger partial charge on any atom is 0.416 e. The van der Waals surface area contributed by atoms with Crippen molar-refractivity contribution in [3.05, 3.63) is 82.7 Å². The Morgan fingerprint density at radius 1 is 1.09 bits per heavy atom. The van der Waals surface area contributed by atoms with E-state index in [1.54, 1.807) is 18.2 Å². The van der Waals surface area contributed by atoms with Crippen molar-refractivity contribution in [3.8, 4) is 5.69 Å². The van der Waals surface area contributed by atoms with E-state index in [1.807, 2.05) is 30.5 Å². The second-order valence-electron chi connectivity index (χ2n) is 7.43. The lowest BCUT2D eigenvalue weighted by Crippen LogP contribution is -2.26. The zero-order chi connectivity index (χ0) is 24.9. The van der Waals surface area contributed by atoms with Gasteiger partial charge in [-0.05, 0) is 56.3 Å². The maximum atomic E-state index is 12.8. The first-order valence-corrected chi connectivity index (χ1v) is 10.2. The van der Waals surface area contributed by atoms with E-state index in [0.717, 1.165) is 34.8 Å². The highest BCUT2D eigenvalue weighted by molar-refractivity contribution is 5.90. The second-order valence-corrected chi connectivity index (χ2v) is 7.43. The molecule has 1 amide bonds. The monoisotopic (exact) mass is 472 g/mol. The molecule has 2 N–H and O–H groups in total. The van der Waals surface area contributed by atoms with Gasteiger partial charge < -0.3 is 14.6 Å². The van der Waals surface area contributed by atoms with Crippen molar-refractivity contribution in [3.63, 3.8) is 0 Å². The van der Waals surface area contributed by atoms with Crippen LogP contribution in [0.2, 0.25) is 0 Å². The van der Waals surface area contributed by atoms with E-state index in [9.17, 15) is 22.8 Å². The lowest BCUT2D eigenvalue weighted by Gasteiger charge is -2.11. The lowest BCUT2D eigenvalue weighted by molar-refractivity contribution is -0.137. The molecule has 0 aliphatic rings. The summed E-state index contributed by atoms with van der Waals surface area (Å²) in [6.45, 7) is 3.51. The molecule has 1 heterocycles. The lowest BCUT2D eigenvalue weighted by atomic mass is 10.2. The quantitative estimate of drug-likeness (QED) is 0.302. The number of rotatable bonds is 7. The van der Waals surface area contributed by atoms with Crippen LogP contribution in [0.15, 0.2) is 59.7 Å². The van der Waals surface area contributed by atoms with Crippen molar-refractivity contribution >= 4 is 23.8 Å². The number of esters is 1. The third-order valence-electron chi connectivity index (χ3n) is 5.03. The predicted molar refractivity (Wildman–Crippen MR) is 122 cm³/mol. The zero-order valence-corrected chi connectivity index (χ0v) is 18.7. The highest BCUT2D eigenvalue weighted by Gasteiger charge is 2.30. The van der Waals surface area contributed by atoms with Crippen molar-refractivity contribution in [2.24, 2.45) is 5.10 Å². The number of aromatic nitrogens is 1. The number of hydrogen-bond donors (Lipinski definition) is 2. The number of aryl methyl sites for hydroxylation is 1. The molecule has 0 aliphatic carbocycles. The molecule has 0 saturated carbocycles. The van der Waals surface area contributed by atoms with Crippen molar-refractivity contribution in [2.45, 2.75) is 20.0 Å². The van der Waals surface area contributed by atoms with E-state index >= 15 is 0 Å². The van der Waals surface area contributed by atoms with Crippen LogP contribution >= 0.6 is 0 Å². The Bertz CT molecular complexity index is 1230. The van der Waals surface area contributed by atoms with Crippen LogP contribution in [0.25, 0.3) is 5.69 Å². The molecule has 0 fully saturated rings. The minimum atomic E-state index is -4.46. The van der Waals surface area contributed by atoms with Crippen LogP contribution < -0.4 is 10.7 Å². The normalized spacial score (nSPS) is 11.5. The van der Waals surface area contributed by atoms with Crippen LogP contribution in [0.1, 0.15) is 32.9 Å². The summed E-state index contributed by atoms with van der Waals surface area (Å²) < 4.78 is 45.1. The number of carbonyl (C=O) groups is 2. The Morgan fingerprint density at radius 2 is 1.82 bits per heavy atom. The molecule has 10 heteroatoms. The number of anilines is 1. The van der Waals surface area contributed by atoms with E-state index in [0.29, 0.717) is 5.56 Å². The number of methoxy groups -OCH3 is 1. The van der Waals surface area contributed by atoms with Crippen LogP contribution in [0.5, 0.6) is 0 Å². The first kappa shape index (κ1) is 24.6. The summed E-state index contributed by atoms with van der Waals surface area (Å²) in [5.41, 5.74) is 5.37. The number of hydrogen-bond acceptors (Lipinski definition) is 5. The average molecular weight is 472 g/mol. The predicted octanol–water partition coefficient (Wildman–Crippen LogP) is 4.46. The van der Waals surface area contributed by atoms with E-state index in [1.165, 1.54) is 25.5 Å². The minimum Gasteiger partial charge on any atom is -0.465 e. The Kier molecular flexibility index (Phi) is 7.40. The summed E-state index contributed by atoms with van der Waals surface area (Å²) >= 11 is 0.